The van der Waals surface area contributed by atoms with E-state index in [-0.39, 0.29) is 5.69 Å². The lowest BCUT2D eigenvalue weighted by atomic mass is 10.3. The van der Waals surface area contributed by atoms with Crippen LogP contribution in [0.4, 0.5) is 11.5 Å². The van der Waals surface area contributed by atoms with Crippen LogP contribution in [0.25, 0.3) is 0 Å². The van der Waals surface area contributed by atoms with E-state index in [0.717, 1.165) is 13.0 Å². The molecule has 1 amide bonds. The van der Waals surface area contributed by atoms with Crippen LogP contribution in [0.1, 0.15) is 23.8 Å². The van der Waals surface area contributed by atoms with E-state index in [9.17, 15) is 4.79 Å². The molecule has 0 aliphatic heterocycles. The van der Waals surface area contributed by atoms with Crippen molar-refractivity contribution in [3.8, 4) is 0 Å². The van der Waals surface area contributed by atoms with Gasteiger partial charge >= 0.3 is 0 Å². The van der Waals surface area contributed by atoms with Gasteiger partial charge in [-0.2, -0.15) is 0 Å². The van der Waals surface area contributed by atoms with Crippen LogP contribution in [0, 0.1) is 0 Å². The lowest BCUT2D eigenvalue weighted by Gasteiger charge is -2.08. The summed E-state index contributed by atoms with van der Waals surface area (Å²) < 4.78 is 0. The average Bonchev–Trinajstić information content (AvgIpc) is 2.47. The van der Waals surface area contributed by atoms with Gasteiger partial charge in [0.15, 0.2) is 0 Å². The Hall–Kier alpha value is -2.21. The molecule has 0 unspecified atom stereocenters. The molecule has 20 heavy (non-hydrogen) atoms. The van der Waals surface area contributed by atoms with E-state index in [2.05, 4.69) is 25.6 Å². The Morgan fingerprint density at radius 2 is 2.05 bits per heavy atom. The maximum Gasteiger partial charge on any atom is 0.275 e. The molecule has 0 fully saturated rings. The minimum absolute atomic E-state index is 0.164. The van der Waals surface area contributed by atoms with Gasteiger partial charge in [-0.1, -0.05) is 18.5 Å². The summed E-state index contributed by atoms with van der Waals surface area (Å²) >= 11 is 6.01. The predicted octanol–water partition coefficient (Wildman–Crippen LogP) is 2.60. The van der Waals surface area contributed by atoms with Crippen LogP contribution in [-0.4, -0.2) is 27.4 Å². The summed E-state index contributed by atoms with van der Waals surface area (Å²) in [5, 5.41) is 6.04. The summed E-state index contributed by atoms with van der Waals surface area (Å²) in [7, 11) is 0. The Kier molecular flexibility index (Phi) is 4.84. The van der Waals surface area contributed by atoms with E-state index in [1.54, 1.807) is 12.1 Å². The molecule has 2 heterocycles. The van der Waals surface area contributed by atoms with Gasteiger partial charge in [-0.15, -0.1) is 0 Å². The van der Waals surface area contributed by atoms with Crippen LogP contribution in [0.3, 0.4) is 0 Å². The monoisotopic (exact) mass is 291 g/mol. The van der Waals surface area contributed by atoms with Crippen LogP contribution in [0.2, 0.25) is 5.02 Å². The first kappa shape index (κ1) is 14.2. The highest BCUT2D eigenvalue weighted by atomic mass is 35.5. The van der Waals surface area contributed by atoms with E-state index in [1.165, 1.54) is 18.7 Å². The number of amides is 1. The SMILES string of the molecule is CCCNc1ccc(Cl)c(C(=O)Nc2cncnc2)n1. The van der Waals surface area contributed by atoms with Crippen LogP contribution >= 0.6 is 11.6 Å². The van der Waals surface area contributed by atoms with Gasteiger partial charge in [0.1, 0.15) is 17.8 Å². The van der Waals surface area contributed by atoms with Crippen molar-refractivity contribution in [3.05, 3.63) is 41.6 Å². The lowest BCUT2D eigenvalue weighted by molar-refractivity contribution is 0.102. The van der Waals surface area contributed by atoms with Gasteiger partial charge in [0.05, 0.1) is 23.1 Å². The molecule has 0 spiro atoms. The second-order valence-electron chi connectivity index (χ2n) is 4.03. The number of nitrogens with zero attached hydrogens (tertiary/aromatic N) is 3. The molecule has 0 atom stereocenters. The maximum atomic E-state index is 12.1. The highest BCUT2D eigenvalue weighted by molar-refractivity contribution is 6.34. The Bertz CT molecular complexity index is 591. The van der Waals surface area contributed by atoms with E-state index in [0.29, 0.717) is 16.5 Å². The molecule has 0 bridgehead atoms. The molecule has 0 radical (unpaired) electrons. The predicted molar refractivity (Wildman–Crippen MR) is 78.0 cm³/mol. The fraction of sp³-hybridized carbons (Fsp3) is 0.231. The summed E-state index contributed by atoms with van der Waals surface area (Å²) in [5.74, 6) is 0.218. The second kappa shape index (κ2) is 6.81. The quantitative estimate of drug-likeness (QED) is 0.885. The molecule has 6 nitrogen and oxygen atoms in total. The van der Waals surface area contributed by atoms with Gasteiger partial charge < -0.3 is 10.6 Å². The van der Waals surface area contributed by atoms with E-state index in [1.807, 2.05) is 6.92 Å². The Morgan fingerprint density at radius 1 is 1.30 bits per heavy atom. The molecule has 2 aromatic heterocycles. The molecule has 7 heteroatoms. The summed E-state index contributed by atoms with van der Waals surface area (Å²) in [4.78, 5) is 24.0. The lowest BCUT2D eigenvalue weighted by Crippen LogP contribution is -2.15. The van der Waals surface area contributed by atoms with Crippen molar-refractivity contribution in [2.45, 2.75) is 13.3 Å². The molecule has 0 aliphatic rings. The average molecular weight is 292 g/mol. The van der Waals surface area contributed by atoms with Crippen LogP contribution in [0.5, 0.6) is 0 Å². The zero-order valence-electron chi connectivity index (χ0n) is 10.9. The Balaban J connectivity index is 2.16. The number of carbonyl (C=O) groups is 1. The molecule has 2 N–H and O–H groups in total. The standard InChI is InChI=1S/C13H14ClN5O/c1-2-5-17-11-4-3-10(14)12(19-11)13(20)18-9-6-15-8-16-7-9/h3-4,6-8H,2,5H2,1H3,(H,17,19)(H,18,20). The van der Waals surface area contributed by atoms with Crippen molar-refractivity contribution in [2.75, 3.05) is 17.2 Å². The number of anilines is 2. The second-order valence-corrected chi connectivity index (χ2v) is 4.44. The summed E-state index contributed by atoms with van der Waals surface area (Å²) in [6.07, 6.45) is 5.35. The van der Waals surface area contributed by atoms with Crippen molar-refractivity contribution < 1.29 is 4.79 Å². The minimum Gasteiger partial charge on any atom is -0.370 e. The Morgan fingerprint density at radius 3 is 2.75 bits per heavy atom. The highest BCUT2D eigenvalue weighted by Crippen LogP contribution is 2.18. The third-order valence-corrected chi connectivity index (χ3v) is 2.74. The molecule has 2 rings (SSSR count). The first-order chi connectivity index (χ1) is 9.70. The first-order valence-electron chi connectivity index (χ1n) is 6.17. The van der Waals surface area contributed by atoms with Gasteiger partial charge in [0, 0.05) is 6.54 Å². The van der Waals surface area contributed by atoms with Gasteiger partial charge in [-0.25, -0.2) is 15.0 Å². The van der Waals surface area contributed by atoms with Crippen molar-refractivity contribution >= 4 is 29.0 Å². The van der Waals surface area contributed by atoms with E-state index < -0.39 is 5.91 Å². The zero-order valence-corrected chi connectivity index (χ0v) is 11.7. The van der Waals surface area contributed by atoms with Gasteiger partial charge in [0.2, 0.25) is 0 Å². The van der Waals surface area contributed by atoms with Crippen LogP contribution in [0.15, 0.2) is 30.9 Å². The van der Waals surface area contributed by atoms with E-state index in [4.69, 9.17) is 11.6 Å². The van der Waals surface area contributed by atoms with Gasteiger partial charge in [-0.05, 0) is 18.6 Å². The van der Waals surface area contributed by atoms with Crippen molar-refractivity contribution in [1.29, 1.82) is 0 Å². The largest absolute Gasteiger partial charge is 0.370 e. The normalized spacial score (nSPS) is 10.1. The topological polar surface area (TPSA) is 79.8 Å². The molecular formula is C13H14ClN5O. The van der Waals surface area contributed by atoms with Crippen molar-refractivity contribution in [2.24, 2.45) is 0 Å². The zero-order chi connectivity index (χ0) is 14.4. The number of rotatable bonds is 5. The van der Waals surface area contributed by atoms with Crippen LogP contribution < -0.4 is 10.6 Å². The van der Waals surface area contributed by atoms with Crippen molar-refractivity contribution in [1.82, 2.24) is 15.0 Å². The molecular weight excluding hydrogens is 278 g/mol. The van der Waals surface area contributed by atoms with Gasteiger partial charge in [-0.3, -0.25) is 4.79 Å². The fourth-order valence-electron chi connectivity index (χ4n) is 1.51. The number of aromatic nitrogens is 3. The molecule has 0 saturated carbocycles. The maximum absolute atomic E-state index is 12.1. The molecule has 104 valence electrons. The first-order valence-corrected chi connectivity index (χ1v) is 6.55. The minimum atomic E-state index is -0.398. The van der Waals surface area contributed by atoms with Gasteiger partial charge in [0.25, 0.3) is 5.91 Å². The number of hydrogen-bond acceptors (Lipinski definition) is 5. The smallest absolute Gasteiger partial charge is 0.275 e. The molecule has 2 aromatic rings. The summed E-state index contributed by atoms with van der Waals surface area (Å²) in [6, 6.07) is 3.38. The number of carbonyl (C=O) groups excluding carboxylic acids is 1. The molecule has 0 saturated heterocycles. The third-order valence-electron chi connectivity index (χ3n) is 2.44. The van der Waals surface area contributed by atoms with E-state index >= 15 is 0 Å². The molecule has 0 aromatic carbocycles. The number of hydrogen-bond donors (Lipinski definition) is 2. The third kappa shape index (κ3) is 3.64. The summed E-state index contributed by atoms with van der Waals surface area (Å²) in [5.41, 5.74) is 0.652. The van der Waals surface area contributed by atoms with Crippen molar-refractivity contribution in [3.63, 3.8) is 0 Å². The number of nitrogens with one attached hydrogen (secondary N) is 2. The fourth-order valence-corrected chi connectivity index (χ4v) is 1.70. The Labute approximate surface area is 121 Å². The number of halogens is 1. The summed E-state index contributed by atoms with van der Waals surface area (Å²) in [6.45, 7) is 2.83. The number of pyridine rings is 1. The highest BCUT2D eigenvalue weighted by Gasteiger charge is 2.13. The molecule has 0 aliphatic carbocycles. The van der Waals surface area contributed by atoms with Crippen LogP contribution in [-0.2, 0) is 0 Å².